The summed E-state index contributed by atoms with van der Waals surface area (Å²) in [5.41, 5.74) is 3.39. The molecule has 4 heteroatoms. The van der Waals surface area contributed by atoms with E-state index >= 15 is 0 Å². The molecule has 2 aromatic rings. The van der Waals surface area contributed by atoms with Crippen LogP contribution in [0.25, 0.3) is 0 Å². The standard InChI is InChI=1S/C19H21NO3/c1-13-4-8-15(9-5-13)17-18(23-3)19(21)20(17)12-14-6-10-16(22-2)11-7-14/h4-11,17-18H,12H2,1-3H3/t17-,18+/m1/s1. The van der Waals surface area contributed by atoms with Crippen LogP contribution < -0.4 is 4.74 Å². The summed E-state index contributed by atoms with van der Waals surface area (Å²) >= 11 is 0. The van der Waals surface area contributed by atoms with Gasteiger partial charge in [-0.2, -0.15) is 0 Å². The number of hydrogen-bond donors (Lipinski definition) is 0. The van der Waals surface area contributed by atoms with Crippen LogP contribution in [0.2, 0.25) is 0 Å². The molecule has 0 radical (unpaired) electrons. The highest BCUT2D eigenvalue weighted by atomic mass is 16.5. The van der Waals surface area contributed by atoms with E-state index in [1.165, 1.54) is 5.56 Å². The van der Waals surface area contributed by atoms with Gasteiger partial charge in [-0.1, -0.05) is 42.0 Å². The number of methoxy groups -OCH3 is 2. The van der Waals surface area contributed by atoms with Gasteiger partial charge in [-0.3, -0.25) is 4.79 Å². The van der Waals surface area contributed by atoms with Gasteiger partial charge in [0.2, 0.25) is 0 Å². The van der Waals surface area contributed by atoms with Crippen molar-refractivity contribution in [3.63, 3.8) is 0 Å². The second-order valence-corrected chi connectivity index (χ2v) is 5.83. The fourth-order valence-corrected chi connectivity index (χ4v) is 2.97. The van der Waals surface area contributed by atoms with Gasteiger partial charge in [-0.15, -0.1) is 0 Å². The minimum atomic E-state index is -0.393. The molecular formula is C19H21NO3. The average Bonchev–Trinajstić information content (AvgIpc) is 2.59. The third-order valence-corrected chi connectivity index (χ3v) is 4.33. The molecule has 1 aliphatic heterocycles. The van der Waals surface area contributed by atoms with Gasteiger partial charge in [-0.25, -0.2) is 0 Å². The van der Waals surface area contributed by atoms with Crippen molar-refractivity contribution in [2.75, 3.05) is 14.2 Å². The third kappa shape index (κ3) is 2.94. The van der Waals surface area contributed by atoms with Crippen LogP contribution in [0.4, 0.5) is 0 Å². The molecule has 0 aromatic heterocycles. The predicted molar refractivity (Wildman–Crippen MR) is 88.3 cm³/mol. The Morgan fingerprint density at radius 3 is 2.22 bits per heavy atom. The minimum Gasteiger partial charge on any atom is -0.497 e. The van der Waals surface area contributed by atoms with E-state index in [9.17, 15) is 4.79 Å². The van der Waals surface area contributed by atoms with Gasteiger partial charge in [0.25, 0.3) is 5.91 Å². The van der Waals surface area contributed by atoms with Crippen molar-refractivity contribution in [2.24, 2.45) is 0 Å². The molecule has 1 amide bonds. The van der Waals surface area contributed by atoms with Crippen molar-refractivity contribution >= 4 is 5.91 Å². The molecule has 120 valence electrons. The summed E-state index contributed by atoms with van der Waals surface area (Å²) in [5.74, 6) is 0.849. The quantitative estimate of drug-likeness (QED) is 0.797. The van der Waals surface area contributed by atoms with E-state index in [2.05, 4.69) is 31.2 Å². The van der Waals surface area contributed by atoms with Crippen LogP contribution in [-0.2, 0) is 16.1 Å². The number of aryl methyl sites for hydroxylation is 1. The molecule has 0 unspecified atom stereocenters. The second-order valence-electron chi connectivity index (χ2n) is 5.83. The molecule has 4 nitrogen and oxygen atoms in total. The first-order valence-corrected chi connectivity index (χ1v) is 7.67. The lowest BCUT2D eigenvalue weighted by molar-refractivity contribution is -0.172. The van der Waals surface area contributed by atoms with Gasteiger partial charge in [0.05, 0.1) is 13.2 Å². The summed E-state index contributed by atoms with van der Waals surface area (Å²) in [5, 5.41) is 0. The van der Waals surface area contributed by atoms with E-state index in [4.69, 9.17) is 9.47 Å². The smallest absolute Gasteiger partial charge is 0.255 e. The van der Waals surface area contributed by atoms with Gasteiger partial charge in [0.1, 0.15) is 5.75 Å². The molecule has 0 bridgehead atoms. The average molecular weight is 311 g/mol. The van der Waals surface area contributed by atoms with Crippen molar-refractivity contribution in [1.82, 2.24) is 4.90 Å². The number of benzene rings is 2. The first-order valence-electron chi connectivity index (χ1n) is 7.67. The van der Waals surface area contributed by atoms with Gasteiger partial charge in [-0.05, 0) is 30.2 Å². The predicted octanol–water partition coefficient (Wildman–Crippen LogP) is 3.10. The summed E-state index contributed by atoms with van der Waals surface area (Å²) in [4.78, 5) is 14.2. The van der Waals surface area contributed by atoms with Crippen LogP contribution in [-0.4, -0.2) is 31.1 Å². The number of carbonyl (C=O) groups excluding carboxylic acids is 1. The van der Waals surface area contributed by atoms with Crippen molar-refractivity contribution < 1.29 is 14.3 Å². The van der Waals surface area contributed by atoms with Crippen LogP contribution in [0, 0.1) is 6.92 Å². The molecule has 1 fully saturated rings. The lowest BCUT2D eigenvalue weighted by atomic mass is 9.89. The van der Waals surface area contributed by atoms with Crippen LogP contribution in [0.15, 0.2) is 48.5 Å². The van der Waals surface area contributed by atoms with Gasteiger partial charge >= 0.3 is 0 Å². The molecule has 0 spiro atoms. The Labute approximate surface area is 136 Å². The van der Waals surface area contributed by atoms with Gasteiger partial charge in [0, 0.05) is 13.7 Å². The maximum atomic E-state index is 12.3. The number of likely N-dealkylation sites (tertiary alicyclic amines) is 1. The molecule has 0 N–H and O–H groups in total. The van der Waals surface area contributed by atoms with E-state index in [-0.39, 0.29) is 11.9 Å². The molecule has 1 heterocycles. The highest BCUT2D eigenvalue weighted by Crippen LogP contribution is 2.38. The molecule has 3 rings (SSSR count). The lowest BCUT2D eigenvalue weighted by Crippen LogP contribution is -2.58. The molecule has 0 saturated carbocycles. The second kappa shape index (κ2) is 6.42. The minimum absolute atomic E-state index is 0.0322. The molecule has 1 aliphatic rings. The summed E-state index contributed by atoms with van der Waals surface area (Å²) < 4.78 is 10.6. The van der Waals surface area contributed by atoms with E-state index in [0.29, 0.717) is 6.54 Å². The van der Waals surface area contributed by atoms with E-state index in [1.807, 2.05) is 29.2 Å². The molecular weight excluding hydrogens is 290 g/mol. The monoisotopic (exact) mass is 311 g/mol. The van der Waals surface area contributed by atoms with E-state index in [0.717, 1.165) is 16.9 Å². The maximum absolute atomic E-state index is 12.3. The Hall–Kier alpha value is -2.33. The number of carbonyl (C=O) groups is 1. The maximum Gasteiger partial charge on any atom is 0.255 e. The van der Waals surface area contributed by atoms with Gasteiger partial charge in [0.15, 0.2) is 6.10 Å². The van der Waals surface area contributed by atoms with Crippen molar-refractivity contribution in [2.45, 2.75) is 25.6 Å². The van der Waals surface area contributed by atoms with Gasteiger partial charge < -0.3 is 14.4 Å². The summed E-state index contributed by atoms with van der Waals surface area (Å²) in [6, 6.07) is 16.0. The largest absolute Gasteiger partial charge is 0.497 e. The fraction of sp³-hybridized carbons (Fsp3) is 0.316. The van der Waals surface area contributed by atoms with Crippen molar-refractivity contribution in [3.05, 3.63) is 65.2 Å². The zero-order chi connectivity index (χ0) is 16.4. The van der Waals surface area contributed by atoms with E-state index < -0.39 is 6.10 Å². The first-order chi connectivity index (χ1) is 11.1. The van der Waals surface area contributed by atoms with Crippen molar-refractivity contribution in [3.8, 4) is 5.75 Å². The molecule has 23 heavy (non-hydrogen) atoms. The molecule has 1 saturated heterocycles. The Kier molecular flexibility index (Phi) is 4.35. The van der Waals surface area contributed by atoms with Crippen LogP contribution in [0.5, 0.6) is 5.75 Å². The normalized spacial score (nSPS) is 20.3. The molecule has 2 atom stereocenters. The number of β-lactam (4-membered cyclic amide) rings is 1. The number of amides is 1. The molecule has 2 aromatic carbocycles. The molecule has 0 aliphatic carbocycles. The summed E-state index contributed by atoms with van der Waals surface area (Å²) in [6.45, 7) is 2.62. The topological polar surface area (TPSA) is 38.8 Å². The lowest BCUT2D eigenvalue weighted by Gasteiger charge is -2.46. The van der Waals surface area contributed by atoms with Crippen LogP contribution in [0.1, 0.15) is 22.7 Å². The highest BCUT2D eigenvalue weighted by Gasteiger charge is 2.48. The Bertz CT molecular complexity index is 679. The summed E-state index contributed by atoms with van der Waals surface area (Å²) in [7, 11) is 3.24. The SMILES string of the molecule is COc1ccc(CN2C(=O)[C@@H](OC)[C@H]2c2ccc(C)cc2)cc1. The zero-order valence-corrected chi connectivity index (χ0v) is 13.7. The number of nitrogens with zero attached hydrogens (tertiary/aromatic N) is 1. The zero-order valence-electron chi connectivity index (χ0n) is 13.7. The van der Waals surface area contributed by atoms with E-state index in [1.54, 1.807) is 14.2 Å². The number of hydrogen-bond acceptors (Lipinski definition) is 3. The Morgan fingerprint density at radius 1 is 1.00 bits per heavy atom. The highest BCUT2D eigenvalue weighted by molar-refractivity contribution is 5.89. The Morgan fingerprint density at radius 2 is 1.65 bits per heavy atom. The third-order valence-electron chi connectivity index (χ3n) is 4.33. The first kappa shape index (κ1) is 15.6. The van der Waals surface area contributed by atoms with Crippen LogP contribution >= 0.6 is 0 Å². The number of rotatable bonds is 5. The van der Waals surface area contributed by atoms with Crippen molar-refractivity contribution in [1.29, 1.82) is 0 Å². The fourth-order valence-electron chi connectivity index (χ4n) is 2.97. The summed E-state index contributed by atoms with van der Waals surface area (Å²) in [6.07, 6.45) is -0.393. The van der Waals surface area contributed by atoms with Crippen LogP contribution in [0.3, 0.4) is 0 Å². The Balaban J connectivity index is 1.81. The number of ether oxygens (including phenoxy) is 2.